The first-order valence-electron chi connectivity index (χ1n) is 16.6. The summed E-state index contributed by atoms with van der Waals surface area (Å²) in [5.74, 6) is 1.66. The van der Waals surface area contributed by atoms with Gasteiger partial charge in [-0.3, -0.25) is 0 Å². The van der Waals surface area contributed by atoms with Crippen LogP contribution in [0.5, 0.6) is 0 Å². The minimum Gasteiger partial charge on any atom is -0.456 e. The largest absolute Gasteiger partial charge is 0.456 e. The highest BCUT2D eigenvalue weighted by atomic mass is 16.3. The average Bonchev–Trinajstić information content (AvgIpc) is 3.65. The van der Waals surface area contributed by atoms with E-state index < -0.39 is 0 Å². The first kappa shape index (κ1) is 26.6. The molecule has 0 fully saturated rings. The second-order valence-electron chi connectivity index (χ2n) is 13.1. The maximum absolute atomic E-state index is 6.51. The molecule has 4 unspecified atom stereocenters. The third-order valence-corrected chi connectivity index (χ3v) is 10.6. The van der Waals surface area contributed by atoms with Crippen molar-refractivity contribution in [3.8, 4) is 0 Å². The molecule has 2 nitrogen and oxygen atoms in total. The summed E-state index contributed by atoms with van der Waals surface area (Å²) in [6.45, 7) is 2.44. The van der Waals surface area contributed by atoms with E-state index in [1.807, 2.05) is 0 Å². The molecule has 2 heteroatoms. The molecule has 3 aromatic carbocycles. The van der Waals surface area contributed by atoms with Crippen LogP contribution in [0, 0.1) is 5.92 Å². The zero-order valence-corrected chi connectivity index (χ0v) is 25.7. The van der Waals surface area contributed by atoms with Crippen molar-refractivity contribution in [1.82, 2.24) is 0 Å². The van der Waals surface area contributed by atoms with E-state index in [0.29, 0.717) is 5.92 Å². The smallest absolute Gasteiger partial charge is 0.142 e. The molecule has 9 rings (SSSR count). The highest BCUT2D eigenvalue weighted by Gasteiger charge is 2.43. The Morgan fingerprint density at radius 1 is 0.778 bits per heavy atom. The number of allylic oxidation sites excluding steroid dienone is 9. The molecule has 0 radical (unpaired) electrons. The number of benzene rings is 3. The fraction of sp³-hybridized carbons (Fsp3) is 0.209. The quantitative estimate of drug-likeness (QED) is 0.238. The van der Waals surface area contributed by atoms with Crippen molar-refractivity contribution in [2.24, 2.45) is 5.92 Å². The van der Waals surface area contributed by atoms with Gasteiger partial charge in [-0.15, -0.1) is 0 Å². The Hall–Kier alpha value is -4.82. The van der Waals surface area contributed by atoms with Crippen molar-refractivity contribution in [3.05, 3.63) is 167 Å². The molecule has 1 aromatic heterocycles. The standard InChI is InChI=1S/C43H37NO/c1-28-37(30-15-6-3-7-16-30)26-32(29-13-4-2-5-14-29)27-41(28)44-39-21-10-8-17-34(39)38-25-31(23-24-40(38)44)33-19-12-20-36-35-18-9-11-22-42(35)45-43(33)36/h2-6,8,10-15,17,19-28,38,40-41H,7,9,16,18H2,1H3. The first-order chi connectivity index (χ1) is 22.2. The minimum absolute atomic E-state index is 0.231. The van der Waals surface area contributed by atoms with Gasteiger partial charge in [-0.05, 0) is 71.2 Å². The molecular weight excluding hydrogens is 546 g/mol. The van der Waals surface area contributed by atoms with Crippen LogP contribution in [0.15, 0.2) is 143 Å². The van der Waals surface area contributed by atoms with Gasteiger partial charge in [0.2, 0.25) is 0 Å². The van der Waals surface area contributed by atoms with E-state index in [-0.39, 0.29) is 18.0 Å². The van der Waals surface area contributed by atoms with Crippen LogP contribution < -0.4 is 4.90 Å². The van der Waals surface area contributed by atoms with Crippen LogP contribution in [-0.2, 0) is 6.42 Å². The SMILES string of the molecule is CC1C(C2=CC=CCC2)=CC(c2ccccc2)=CC1N1c2ccccc2C2C=C(c3cccc4c5c(oc34)C=CCC5)C=CC21. The second-order valence-corrected chi connectivity index (χ2v) is 13.1. The van der Waals surface area contributed by atoms with E-state index in [1.165, 1.54) is 55.6 Å². The molecule has 4 atom stereocenters. The van der Waals surface area contributed by atoms with Gasteiger partial charge in [0.25, 0.3) is 0 Å². The van der Waals surface area contributed by atoms with E-state index >= 15 is 0 Å². The van der Waals surface area contributed by atoms with Crippen molar-refractivity contribution in [2.45, 2.75) is 50.6 Å². The third-order valence-electron chi connectivity index (χ3n) is 10.6. The van der Waals surface area contributed by atoms with Gasteiger partial charge < -0.3 is 9.32 Å². The molecule has 45 heavy (non-hydrogen) atoms. The summed E-state index contributed by atoms with van der Waals surface area (Å²) in [6.07, 6.45) is 27.9. The normalized spacial score (nSPS) is 24.9. The average molecular weight is 584 g/mol. The summed E-state index contributed by atoms with van der Waals surface area (Å²) in [7, 11) is 0. The maximum atomic E-state index is 6.51. The molecule has 5 aliphatic rings. The molecule has 0 saturated heterocycles. The topological polar surface area (TPSA) is 16.4 Å². The lowest BCUT2D eigenvalue weighted by atomic mass is 9.77. The van der Waals surface area contributed by atoms with Crippen molar-refractivity contribution in [3.63, 3.8) is 0 Å². The van der Waals surface area contributed by atoms with Gasteiger partial charge in [-0.2, -0.15) is 0 Å². The Labute approximate surface area is 265 Å². The van der Waals surface area contributed by atoms with Crippen LogP contribution in [0.4, 0.5) is 5.69 Å². The number of hydrogen-bond donors (Lipinski definition) is 0. The summed E-state index contributed by atoms with van der Waals surface area (Å²) in [5.41, 5.74) is 13.2. The molecule has 0 bridgehead atoms. The number of furan rings is 1. The third kappa shape index (κ3) is 4.30. The summed E-state index contributed by atoms with van der Waals surface area (Å²) >= 11 is 0. The fourth-order valence-corrected chi connectivity index (χ4v) is 8.36. The van der Waals surface area contributed by atoms with Crippen LogP contribution >= 0.6 is 0 Å². The van der Waals surface area contributed by atoms with Gasteiger partial charge in [0.1, 0.15) is 11.3 Å². The predicted octanol–water partition coefficient (Wildman–Crippen LogP) is 10.6. The zero-order chi connectivity index (χ0) is 29.9. The fourth-order valence-electron chi connectivity index (χ4n) is 8.36. The zero-order valence-electron chi connectivity index (χ0n) is 25.7. The number of hydrogen-bond acceptors (Lipinski definition) is 2. The molecular formula is C43H37NO. The number of anilines is 1. The molecule has 0 amide bonds. The molecule has 4 aliphatic carbocycles. The summed E-state index contributed by atoms with van der Waals surface area (Å²) in [4.78, 5) is 2.72. The Balaban J connectivity index is 1.14. The van der Waals surface area contributed by atoms with Crippen LogP contribution in [0.3, 0.4) is 0 Å². The molecule has 0 N–H and O–H groups in total. The molecule has 220 valence electrons. The van der Waals surface area contributed by atoms with E-state index in [1.54, 1.807) is 0 Å². The predicted molar refractivity (Wildman–Crippen MR) is 188 cm³/mol. The second kappa shape index (κ2) is 10.7. The van der Waals surface area contributed by atoms with E-state index in [2.05, 4.69) is 145 Å². The van der Waals surface area contributed by atoms with Crippen LogP contribution in [-0.4, -0.2) is 12.1 Å². The van der Waals surface area contributed by atoms with Crippen molar-refractivity contribution in [2.75, 3.05) is 4.90 Å². The number of rotatable bonds is 4. The van der Waals surface area contributed by atoms with Crippen molar-refractivity contribution in [1.29, 1.82) is 0 Å². The highest BCUT2D eigenvalue weighted by Crippen LogP contribution is 2.50. The lowest BCUT2D eigenvalue weighted by molar-refractivity contribution is 0.513. The Kier molecular flexibility index (Phi) is 6.30. The van der Waals surface area contributed by atoms with E-state index in [4.69, 9.17) is 4.42 Å². The van der Waals surface area contributed by atoms with Gasteiger partial charge in [-0.25, -0.2) is 0 Å². The van der Waals surface area contributed by atoms with Gasteiger partial charge >= 0.3 is 0 Å². The van der Waals surface area contributed by atoms with Gasteiger partial charge in [-0.1, -0.05) is 128 Å². The van der Waals surface area contributed by atoms with Crippen molar-refractivity contribution < 1.29 is 4.42 Å². The lowest BCUT2D eigenvalue weighted by Crippen LogP contribution is -2.45. The summed E-state index contributed by atoms with van der Waals surface area (Å²) < 4.78 is 6.51. The highest BCUT2D eigenvalue weighted by molar-refractivity contribution is 5.97. The summed E-state index contributed by atoms with van der Waals surface area (Å²) in [5, 5.41) is 1.26. The minimum atomic E-state index is 0.231. The molecule has 1 aliphatic heterocycles. The van der Waals surface area contributed by atoms with Gasteiger partial charge in [0.05, 0.1) is 12.1 Å². The van der Waals surface area contributed by atoms with Crippen LogP contribution in [0.25, 0.3) is 28.2 Å². The number of fused-ring (bicyclic) bond motifs is 6. The van der Waals surface area contributed by atoms with Crippen molar-refractivity contribution >= 4 is 33.9 Å². The number of nitrogens with zero attached hydrogens (tertiary/aromatic N) is 1. The Morgan fingerprint density at radius 3 is 2.53 bits per heavy atom. The maximum Gasteiger partial charge on any atom is 0.142 e. The lowest BCUT2D eigenvalue weighted by Gasteiger charge is -2.41. The molecule has 2 heterocycles. The Bertz CT molecular complexity index is 2040. The van der Waals surface area contributed by atoms with E-state index in [0.717, 1.165) is 37.0 Å². The Morgan fingerprint density at radius 2 is 1.64 bits per heavy atom. The number of aryl methyl sites for hydroxylation is 1. The molecule has 4 aromatic rings. The van der Waals surface area contributed by atoms with Crippen LogP contribution in [0.1, 0.15) is 60.1 Å². The van der Waals surface area contributed by atoms with Gasteiger partial charge in [0.15, 0.2) is 0 Å². The van der Waals surface area contributed by atoms with Crippen LogP contribution in [0.2, 0.25) is 0 Å². The van der Waals surface area contributed by atoms with Gasteiger partial charge in [0, 0.05) is 34.0 Å². The number of para-hydroxylation sites is 2. The monoisotopic (exact) mass is 583 g/mol. The first-order valence-corrected chi connectivity index (χ1v) is 16.6. The van der Waals surface area contributed by atoms with E-state index in [9.17, 15) is 0 Å². The molecule has 0 saturated carbocycles. The molecule has 0 spiro atoms. The summed E-state index contributed by atoms with van der Waals surface area (Å²) in [6, 6.07) is 27.2.